The molecule has 1 heterocycles. The second kappa shape index (κ2) is 2.94. The number of nitrogens with zero attached hydrogens (tertiary/aromatic N) is 2. The topological polar surface area (TPSA) is 34.9 Å². The van der Waals surface area contributed by atoms with Gasteiger partial charge >= 0.3 is 0 Å². The van der Waals surface area contributed by atoms with Gasteiger partial charge in [-0.2, -0.15) is 0 Å². The van der Waals surface area contributed by atoms with E-state index in [1.807, 2.05) is 13.8 Å². The summed E-state index contributed by atoms with van der Waals surface area (Å²) >= 11 is 0. The van der Waals surface area contributed by atoms with E-state index in [2.05, 4.69) is 10.9 Å². The van der Waals surface area contributed by atoms with Gasteiger partial charge in [0.15, 0.2) is 0 Å². The van der Waals surface area contributed by atoms with Gasteiger partial charge in [-0.15, -0.1) is 0 Å². The highest BCUT2D eigenvalue weighted by Crippen LogP contribution is 2.12. The van der Waals surface area contributed by atoms with Crippen molar-refractivity contribution in [1.82, 2.24) is 8.96 Å². The van der Waals surface area contributed by atoms with Gasteiger partial charge in [-0.05, 0) is 5.87 Å². The number of imidazole rings is 1. The number of aromatic nitrogens is 2. The van der Waals surface area contributed by atoms with Gasteiger partial charge in [0.1, 0.15) is 5.82 Å². The monoisotopic (exact) mass is 186 g/mol. The first-order valence-corrected chi connectivity index (χ1v) is 5.88. The standard InChI is InChI=1S/C8H14N2OS/c1-7(2)8-9-5-6-10(8)12(3,4)11/h5-7H,3H2,1-2,4H3. The zero-order valence-electron chi connectivity index (χ0n) is 7.65. The number of hydrogen-bond acceptors (Lipinski definition) is 2. The van der Waals surface area contributed by atoms with E-state index >= 15 is 0 Å². The van der Waals surface area contributed by atoms with Crippen LogP contribution in [0, 0.1) is 0 Å². The van der Waals surface area contributed by atoms with E-state index in [-0.39, 0.29) is 5.92 Å². The molecule has 0 aliphatic carbocycles. The average molecular weight is 186 g/mol. The van der Waals surface area contributed by atoms with Crippen molar-refractivity contribution in [2.75, 3.05) is 6.26 Å². The summed E-state index contributed by atoms with van der Waals surface area (Å²) in [5.74, 6) is 4.72. The molecule has 3 nitrogen and oxygen atoms in total. The Labute approximate surface area is 73.6 Å². The fourth-order valence-corrected chi connectivity index (χ4v) is 2.00. The van der Waals surface area contributed by atoms with E-state index in [1.165, 1.54) is 0 Å². The predicted molar refractivity (Wildman–Crippen MR) is 52.9 cm³/mol. The van der Waals surface area contributed by atoms with Crippen LogP contribution >= 0.6 is 0 Å². The zero-order valence-corrected chi connectivity index (χ0v) is 8.47. The Balaban J connectivity index is 3.26. The van der Waals surface area contributed by atoms with Crippen LogP contribution < -0.4 is 0 Å². The summed E-state index contributed by atoms with van der Waals surface area (Å²) in [7, 11) is -2.18. The van der Waals surface area contributed by atoms with Crippen molar-refractivity contribution in [2.45, 2.75) is 19.8 Å². The molecule has 0 radical (unpaired) electrons. The summed E-state index contributed by atoms with van der Waals surface area (Å²) in [6.45, 7) is 4.04. The molecule has 4 heteroatoms. The van der Waals surface area contributed by atoms with Crippen LogP contribution in [0.15, 0.2) is 12.4 Å². The molecule has 0 N–H and O–H groups in total. The van der Waals surface area contributed by atoms with E-state index < -0.39 is 9.71 Å². The summed E-state index contributed by atoms with van der Waals surface area (Å²) < 4.78 is 13.2. The molecule has 0 saturated heterocycles. The van der Waals surface area contributed by atoms with Gasteiger partial charge in [0.05, 0.1) is 0 Å². The molecule has 0 bridgehead atoms. The van der Waals surface area contributed by atoms with Crippen LogP contribution in [0.25, 0.3) is 0 Å². The molecule has 0 aromatic carbocycles. The second-order valence-electron chi connectivity index (χ2n) is 3.23. The summed E-state index contributed by atoms with van der Waals surface area (Å²) in [5.41, 5.74) is 0. The Morgan fingerprint density at radius 1 is 1.67 bits per heavy atom. The maximum Gasteiger partial charge on any atom is 0.122 e. The first-order chi connectivity index (χ1) is 5.43. The number of rotatable bonds is 2. The normalized spacial score (nSPS) is 16.3. The molecule has 68 valence electrons. The molecule has 1 aromatic rings. The molecule has 1 rings (SSSR count). The maximum atomic E-state index is 11.6. The first-order valence-electron chi connectivity index (χ1n) is 3.79. The van der Waals surface area contributed by atoms with Gasteiger partial charge in [-0.25, -0.2) is 9.19 Å². The van der Waals surface area contributed by atoms with Gasteiger partial charge in [0.25, 0.3) is 0 Å². The first kappa shape index (κ1) is 9.32. The van der Waals surface area contributed by atoms with Gasteiger partial charge in [-0.3, -0.25) is 3.97 Å². The summed E-state index contributed by atoms with van der Waals surface area (Å²) in [6, 6.07) is 0. The van der Waals surface area contributed by atoms with Gasteiger partial charge in [-0.1, -0.05) is 13.8 Å². The van der Waals surface area contributed by atoms with Crippen LogP contribution in [-0.4, -0.2) is 25.3 Å². The Bertz CT molecular complexity index is 362. The van der Waals surface area contributed by atoms with Crippen molar-refractivity contribution in [2.24, 2.45) is 0 Å². The lowest BCUT2D eigenvalue weighted by Gasteiger charge is -2.10. The molecule has 0 saturated carbocycles. The molecule has 0 amide bonds. The average Bonchev–Trinajstić information content (AvgIpc) is 2.30. The largest absolute Gasteiger partial charge is 0.260 e. The third-order valence-corrected chi connectivity index (χ3v) is 2.71. The fraction of sp³-hybridized carbons (Fsp3) is 0.500. The van der Waals surface area contributed by atoms with Crippen molar-refractivity contribution in [3.05, 3.63) is 18.2 Å². The van der Waals surface area contributed by atoms with Crippen LogP contribution in [0.3, 0.4) is 0 Å². The smallest absolute Gasteiger partial charge is 0.122 e. The molecule has 0 fully saturated rings. The minimum atomic E-state index is -2.18. The molecule has 0 spiro atoms. The van der Waals surface area contributed by atoms with Crippen molar-refractivity contribution < 1.29 is 4.21 Å². The van der Waals surface area contributed by atoms with Crippen LogP contribution in [0.2, 0.25) is 0 Å². The van der Waals surface area contributed by atoms with Crippen molar-refractivity contribution in [3.8, 4) is 0 Å². The fourth-order valence-electron chi connectivity index (χ4n) is 1.03. The Kier molecular flexibility index (Phi) is 2.28. The Morgan fingerprint density at radius 3 is 2.58 bits per heavy atom. The molecule has 1 aromatic heterocycles. The van der Waals surface area contributed by atoms with Gasteiger partial charge in [0.2, 0.25) is 0 Å². The van der Waals surface area contributed by atoms with Crippen LogP contribution in [0.5, 0.6) is 0 Å². The van der Waals surface area contributed by atoms with E-state index in [0.29, 0.717) is 0 Å². The zero-order chi connectivity index (χ0) is 9.35. The highest BCUT2D eigenvalue weighted by atomic mass is 32.2. The number of hydrogen-bond donors (Lipinski definition) is 0. The Hall–Kier alpha value is -0.770. The van der Waals surface area contributed by atoms with Crippen LogP contribution in [0.1, 0.15) is 25.6 Å². The van der Waals surface area contributed by atoms with E-state index in [4.69, 9.17) is 0 Å². The lowest BCUT2D eigenvalue weighted by Crippen LogP contribution is -2.13. The summed E-state index contributed by atoms with van der Waals surface area (Å²) in [4.78, 5) is 4.13. The predicted octanol–water partition coefficient (Wildman–Crippen LogP) is 1.12. The van der Waals surface area contributed by atoms with Crippen molar-refractivity contribution >= 4 is 15.6 Å². The highest BCUT2D eigenvalue weighted by Gasteiger charge is 2.09. The van der Waals surface area contributed by atoms with E-state index in [0.717, 1.165) is 5.82 Å². The molecule has 1 atom stereocenters. The molecular formula is C8H14N2OS. The van der Waals surface area contributed by atoms with Gasteiger partial charge in [0, 0.05) is 34.3 Å². The molecule has 0 aliphatic rings. The quantitative estimate of drug-likeness (QED) is 0.649. The Morgan fingerprint density at radius 2 is 2.25 bits per heavy atom. The SMILES string of the molecule is C=S(C)(=O)n1ccnc1C(C)C. The molecule has 12 heavy (non-hydrogen) atoms. The van der Waals surface area contributed by atoms with E-state index in [9.17, 15) is 4.21 Å². The molecular weight excluding hydrogens is 172 g/mol. The highest BCUT2D eigenvalue weighted by molar-refractivity contribution is 7.98. The minimum Gasteiger partial charge on any atom is -0.260 e. The lowest BCUT2D eigenvalue weighted by atomic mass is 10.2. The van der Waals surface area contributed by atoms with E-state index in [1.54, 1.807) is 22.6 Å². The van der Waals surface area contributed by atoms with Gasteiger partial charge < -0.3 is 0 Å². The second-order valence-corrected chi connectivity index (χ2v) is 5.54. The van der Waals surface area contributed by atoms with Crippen molar-refractivity contribution in [1.29, 1.82) is 0 Å². The summed E-state index contributed by atoms with van der Waals surface area (Å²) in [6.07, 6.45) is 4.98. The molecule has 1 unspecified atom stereocenters. The minimum absolute atomic E-state index is 0.280. The third kappa shape index (κ3) is 1.69. The third-order valence-electron chi connectivity index (χ3n) is 1.57. The lowest BCUT2D eigenvalue weighted by molar-refractivity contribution is 0.671. The molecule has 0 aliphatic heterocycles. The summed E-state index contributed by atoms with van der Waals surface area (Å²) in [5, 5.41) is 0. The maximum absolute atomic E-state index is 11.6. The van der Waals surface area contributed by atoms with Crippen LogP contribution in [0.4, 0.5) is 0 Å². The van der Waals surface area contributed by atoms with Crippen LogP contribution in [-0.2, 0) is 9.71 Å². The van der Waals surface area contributed by atoms with Crippen molar-refractivity contribution in [3.63, 3.8) is 0 Å².